The van der Waals surface area contributed by atoms with Crippen molar-refractivity contribution in [2.24, 2.45) is 0 Å². The minimum Gasteiger partial charge on any atom is -0.379 e. The van der Waals surface area contributed by atoms with Crippen LogP contribution in [0.1, 0.15) is 24.2 Å². The Morgan fingerprint density at radius 1 is 1.13 bits per heavy atom. The molecule has 2 aromatic rings. The number of rotatable bonds is 7. The third-order valence-electron chi connectivity index (χ3n) is 5.05. The quantitative estimate of drug-likeness (QED) is 0.697. The molecule has 3 rings (SSSR count). The van der Waals surface area contributed by atoms with Gasteiger partial charge in [0.15, 0.2) is 0 Å². The topological polar surface area (TPSA) is 79.0 Å². The smallest absolute Gasteiger partial charge is 0.257 e. The Kier molecular flexibility index (Phi) is 7.36. The number of ether oxygens (including phenoxy) is 1. The molecular formula is C21H26ClN3O4S. The monoisotopic (exact) mass is 451 g/mol. The molecule has 0 aromatic heterocycles. The first-order valence-corrected chi connectivity index (χ1v) is 11.7. The molecule has 7 nitrogen and oxygen atoms in total. The number of anilines is 2. The van der Waals surface area contributed by atoms with Crippen molar-refractivity contribution in [3.05, 3.63) is 53.1 Å². The molecule has 0 aliphatic carbocycles. The third kappa shape index (κ3) is 4.78. The SMILES string of the molecule is CCN(CC)c1ccc(S(=O)(=O)N2CCOCC2)cc1NC(=O)c1ccccc1Cl. The molecule has 162 valence electrons. The zero-order chi connectivity index (χ0) is 21.7. The van der Waals surface area contributed by atoms with Crippen LogP contribution in [0.2, 0.25) is 5.02 Å². The molecular weight excluding hydrogens is 426 g/mol. The summed E-state index contributed by atoms with van der Waals surface area (Å²) in [6.45, 7) is 6.77. The summed E-state index contributed by atoms with van der Waals surface area (Å²) in [6, 6.07) is 11.6. The van der Waals surface area contributed by atoms with E-state index in [9.17, 15) is 13.2 Å². The molecule has 0 radical (unpaired) electrons. The highest BCUT2D eigenvalue weighted by atomic mass is 35.5. The number of nitrogens with one attached hydrogen (secondary N) is 1. The van der Waals surface area contributed by atoms with Crippen LogP contribution in [0.4, 0.5) is 11.4 Å². The highest BCUT2D eigenvalue weighted by Crippen LogP contribution is 2.31. The highest BCUT2D eigenvalue weighted by Gasteiger charge is 2.27. The first-order chi connectivity index (χ1) is 14.4. The largest absolute Gasteiger partial charge is 0.379 e. The highest BCUT2D eigenvalue weighted by molar-refractivity contribution is 7.89. The third-order valence-corrected chi connectivity index (χ3v) is 7.27. The average molecular weight is 452 g/mol. The molecule has 0 saturated carbocycles. The van der Waals surface area contributed by atoms with Gasteiger partial charge in [-0.05, 0) is 44.2 Å². The molecule has 1 aliphatic heterocycles. The summed E-state index contributed by atoms with van der Waals surface area (Å²) in [6.07, 6.45) is 0. The van der Waals surface area contributed by atoms with E-state index in [4.69, 9.17) is 16.3 Å². The van der Waals surface area contributed by atoms with Gasteiger partial charge in [0.2, 0.25) is 10.0 Å². The molecule has 9 heteroatoms. The number of amides is 1. The lowest BCUT2D eigenvalue weighted by atomic mass is 10.2. The summed E-state index contributed by atoms with van der Waals surface area (Å²) in [5.74, 6) is -0.394. The van der Waals surface area contributed by atoms with Crippen molar-refractivity contribution in [2.45, 2.75) is 18.7 Å². The first-order valence-electron chi connectivity index (χ1n) is 9.91. The average Bonchev–Trinajstić information content (AvgIpc) is 2.76. The second-order valence-corrected chi connectivity index (χ2v) is 9.15. The van der Waals surface area contributed by atoms with E-state index in [0.29, 0.717) is 55.7 Å². The first kappa shape index (κ1) is 22.6. The molecule has 2 aromatic carbocycles. The Hall–Kier alpha value is -2.13. The van der Waals surface area contributed by atoms with Crippen LogP contribution in [0.3, 0.4) is 0 Å². The van der Waals surface area contributed by atoms with Crippen LogP contribution in [0, 0.1) is 0 Å². The molecule has 0 atom stereocenters. The zero-order valence-electron chi connectivity index (χ0n) is 17.1. The van der Waals surface area contributed by atoms with Gasteiger partial charge in [-0.15, -0.1) is 0 Å². The van der Waals surface area contributed by atoms with Crippen LogP contribution in [-0.4, -0.2) is 58.0 Å². The second kappa shape index (κ2) is 9.78. The number of nitrogens with zero attached hydrogens (tertiary/aromatic N) is 2. The normalized spacial score (nSPS) is 15.0. The van der Waals surface area contributed by atoms with Gasteiger partial charge in [0.1, 0.15) is 0 Å². The number of carbonyl (C=O) groups is 1. The van der Waals surface area contributed by atoms with Gasteiger partial charge in [-0.2, -0.15) is 4.31 Å². The van der Waals surface area contributed by atoms with E-state index in [1.807, 2.05) is 18.7 Å². The minimum absolute atomic E-state index is 0.134. The van der Waals surface area contributed by atoms with Gasteiger partial charge in [0.25, 0.3) is 5.91 Å². The van der Waals surface area contributed by atoms with Gasteiger partial charge in [-0.3, -0.25) is 4.79 Å². The fourth-order valence-corrected chi connectivity index (χ4v) is 5.04. The standard InChI is InChI=1S/C21H26ClN3O4S/c1-3-24(4-2)20-10-9-16(30(27,28)25-11-13-29-14-12-25)15-19(20)23-21(26)17-7-5-6-8-18(17)22/h5-10,15H,3-4,11-14H2,1-2H3,(H,23,26). The molecule has 1 amide bonds. The van der Waals surface area contributed by atoms with Gasteiger partial charge < -0.3 is 15.0 Å². The Morgan fingerprint density at radius 2 is 1.80 bits per heavy atom. The summed E-state index contributed by atoms with van der Waals surface area (Å²) >= 11 is 6.16. The Labute approximate surface area is 182 Å². The molecule has 1 saturated heterocycles. The van der Waals surface area contributed by atoms with Crippen LogP contribution >= 0.6 is 11.6 Å². The molecule has 0 unspecified atom stereocenters. The van der Waals surface area contributed by atoms with E-state index < -0.39 is 15.9 Å². The van der Waals surface area contributed by atoms with Gasteiger partial charge in [0, 0.05) is 26.2 Å². The van der Waals surface area contributed by atoms with Crippen LogP contribution in [-0.2, 0) is 14.8 Å². The van der Waals surface area contributed by atoms with Gasteiger partial charge >= 0.3 is 0 Å². The van der Waals surface area contributed by atoms with E-state index >= 15 is 0 Å². The van der Waals surface area contributed by atoms with E-state index in [2.05, 4.69) is 5.32 Å². The van der Waals surface area contributed by atoms with Crippen LogP contribution in [0.25, 0.3) is 0 Å². The number of sulfonamides is 1. The van der Waals surface area contributed by atoms with Crippen molar-refractivity contribution < 1.29 is 17.9 Å². The fraction of sp³-hybridized carbons (Fsp3) is 0.381. The van der Waals surface area contributed by atoms with Crippen LogP contribution < -0.4 is 10.2 Å². The summed E-state index contributed by atoms with van der Waals surface area (Å²) in [7, 11) is -3.69. The lowest BCUT2D eigenvalue weighted by Gasteiger charge is -2.28. The number of benzene rings is 2. The molecule has 1 N–H and O–H groups in total. The summed E-state index contributed by atoms with van der Waals surface area (Å²) in [4.78, 5) is 15.0. The predicted molar refractivity (Wildman–Crippen MR) is 119 cm³/mol. The zero-order valence-corrected chi connectivity index (χ0v) is 18.7. The van der Waals surface area contributed by atoms with Crippen molar-refractivity contribution in [3.8, 4) is 0 Å². The Bertz CT molecular complexity index is 1000. The van der Waals surface area contributed by atoms with Gasteiger partial charge in [-0.25, -0.2) is 8.42 Å². The van der Waals surface area contributed by atoms with E-state index in [1.165, 1.54) is 10.4 Å². The van der Waals surface area contributed by atoms with E-state index in [-0.39, 0.29) is 4.90 Å². The van der Waals surface area contributed by atoms with Crippen molar-refractivity contribution in [2.75, 3.05) is 49.6 Å². The van der Waals surface area contributed by atoms with Crippen LogP contribution in [0.15, 0.2) is 47.4 Å². The summed E-state index contributed by atoms with van der Waals surface area (Å²) < 4.78 is 32.9. The van der Waals surface area contributed by atoms with Gasteiger partial charge in [0.05, 0.1) is 40.1 Å². The van der Waals surface area contributed by atoms with Crippen molar-refractivity contribution in [3.63, 3.8) is 0 Å². The Balaban J connectivity index is 2.00. The predicted octanol–water partition coefficient (Wildman–Crippen LogP) is 3.46. The number of hydrogen-bond donors (Lipinski definition) is 1. The lowest BCUT2D eigenvalue weighted by molar-refractivity contribution is 0.0730. The summed E-state index contributed by atoms with van der Waals surface area (Å²) in [5.41, 5.74) is 1.50. The molecule has 1 aliphatic rings. The lowest BCUT2D eigenvalue weighted by Crippen LogP contribution is -2.40. The minimum atomic E-state index is -3.69. The number of hydrogen-bond acceptors (Lipinski definition) is 5. The van der Waals surface area contributed by atoms with E-state index in [0.717, 1.165) is 5.69 Å². The molecule has 0 spiro atoms. The summed E-state index contributed by atoms with van der Waals surface area (Å²) in [5, 5.41) is 3.19. The van der Waals surface area contributed by atoms with E-state index in [1.54, 1.807) is 36.4 Å². The van der Waals surface area contributed by atoms with Crippen molar-refractivity contribution in [1.82, 2.24) is 4.31 Å². The van der Waals surface area contributed by atoms with Crippen molar-refractivity contribution in [1.29, 1.82) is 0 Å². The number of halogens is 1. The fourth-order valence-electron chi connectivity index (χ4n) is 3.39. The maximum absolute atomic E-state index is 13.1. The maximum Gasteiger partial charge on any atom is 0.257 e. The second-order valence-electron chi connectivity index (χ2n) is 6.80. The molecule has 1 fully saturated rings. The van der Waals surface area contributed by atoms with Crippen molar-refractivity contribution >= 4 is 38.9 Å². The molecule has 1 heterocycles. The molecule has 30 heavy (non-hydrogen) atoms. The Morgan fingerprint density at radius 3 is 2.43 bits per heavy atom. The van der Waals surface area contributed by atoms with Gasteiger partial charge in [-0.1, -0.05) is 23.7 Å². The number of morpholine rings is 1. The maximum atomic E-state index is 13.1. The van der Waals surface area contributed by atoms with Crippen LogP contribution in [0.5, 0.6) is 0 Å². The molecule has 0 bridgehead atoms. The number of carbonyl (C=O) groups excluding carboxylic acids is 1.